The molecule has 0 atom stereocenters. The highest BCUT2D eigenvalue weighted by Crippen LogP contribution is 2.29. The van der Waals surface area contributed by atoms with Crippen LogP contribution in [0.1, 0.15) is 17.4 Å². The second-order valence-corrected chi connectivity index (χ2v) is 7.34. The Morgan fingerprint density at radius 2 is 2.06 bits per heavy atom. The fourth-order valence-electron chi connectivity index (χ4n) is 2.54. The highest BCUT2D eigenvalue weighted by atomic mass is 35.5. The molecule has 0 bridgehead atoms. The molecule has 1 N–H and O–H groups in total. The number of aromatic nitrogens is 1. The number of carbonyl (C=O) groups is 2. The Morgan fingerprint density at radius 1 is 1.26 bits per heavy atom. The molecular formula is C20H16ClN3O6S. The smallest absolute Gasteiger partial charge is 0.358 e. The number of halogens is 1. The van der Waals surface area contributed by atoms with Gasteiger partial charge in [-0.2, -0.15) is 0 Å². The summed E-state index contributed by atoms with van der Waals surface area (Å²) in [4.78, 5) is 39.1. The Bertz CT molecular complexity index is 1130. The molecule has 0 aliphatic rings. The lowest BCUT2D eigenvalue weighted by Crippen LogP contribution is -2.21. The lowest BCUT2D eigenvalue weighted by molar-refractivity contribution is -0.384. The minimum absolute atomic E-state index is 0.0357. The van der Waals surface area contributed by atoms with Gasteiger partial charge in [0, 0.05) is 16.0 Å². The van der Waals surface area contributed by atoms with Crippen LogP contribution in [0.25, 0.3) is 10.6 Å². The van der Waals surface area contributed by atoms with Crippen LogP contribution in [0.2, 0.25) is 5.02 Å². The van der Waals surface area contributed by atoms with Crippen LogP contribution in [0, 0.1) is 10.1 Å². The van der Waals surface area contributed by atoms with Crippen molar-refractivity contribution in [2.75, 3.05) is 18.5 Å². The van der Waals surface area contributed by atoms with Gasteiger partial charge in [-0.1, -0.05) is 23.7 Å². The first kappa shape index (κ1) is 22.2. The SMILES string of the molecule is CCOc1ccc(NC(=O)COC(=O)c2csc(-c3cccc(Cl)c3)n2)c([N+](=O)[O-])c1. The van der Waals surface area contributed by atoms with Gasteiger partial charge < -0.3 is 14.8 Å². The van der Waals surface area contributed by atoms with Gasteiger partial charge in [-0.25, -0.2) is 9.78 Å². The van der Waals surface area contributed by atoms with E-state index in [0.29, 0.717) is 22.4 Å². The minimum atomic E-state index is -0.791. The Kier molecular flexibility index (Phi) is 7.16. The summed E-state index contributed by atoms with van der Waals surface area (Å²) >= 11 is 7.19. The van der Waals surface area contributed by atoms with E-state index in [-0.39, 0.29) is 17.1 Å². The number of nitro groups is 1. The number of rotatable bonds is 8. The third-order valence-corrected chi connectivity index (χ3v) is 5.00. The second kappa shape index (κ2) is 10.0. The average Bonchev–Trinajstić information content (AvgIpc) is 3.23. The monoisotopic (exact) mass is 461 g/mol. The molecule has 160 valence electrons. The van der Waals surface area contributed by atoms with Crippen molar-refractivity contribution in [3.8, 4) is 16.3 Å². The largest absolute Gasteiger partial charge is 0.494 e. The van der Waals surface area contributed by atoms with Crippen molar-refractivity contribution in [3.63, 3.8) is 0 Å². The van der Waals surface area contributed by atoms with E-state index >= 15 is 0 Å². The predicted molar refractivity (Wildman–Crippen MR) is 116 cm³/mol. The summed E-state index contributed by atoms with van der Waals surface area (Å²) in [6, 6.07) is 11.1. The summed E-state index contributed by atoms with van der Waals surface area (Å²) in [7, 11) is 0. The Morgan fingerprint density at radius 3 is 2.77 bits per heavy atom. The lowest BCUT2D eigenvalue weighted by atomic mass is 10.2. The van der Waals surface area contributed by atoms with Gasteiger partial charge in [-0.05, 0) is 31.2 Å². The first-order valence-corrected chi connectivity index (χ1v) is 10.2. The van der Waals surface area contributed by atoms with Crippen LogP contribution in [0.4, 0.5) is 11.4 Å². The number of hydrogen-bond donors (Lipinski definition) is 1. The second-order valence-electron chi connectivity index (χ2n) is 6.04. The number of thiazole rings is 1. The molecule has 3 aromatic rings. The summed E-state index contributed by atoms with van der Waals surface area (Å²) in [6.07, 6.45) is 0. The maximum Gasteiger partial charge on any atom is 0.358 e. The first-order chi connectivity index (χ1) is 14.9. The number of ether oxygens (including phenoxy) is 2. The third kappa shape index (κ3) is 5.77. The number of nitrogens with one attached hydrogen (secondary N) is 1. The molecule has 1 heterocycles. The number of nitro benzene ring substituents is 1. The molecule has 0 saturated heterocycles. The molecule has 1 amide bonds. The van der Waals surface area contributed by atoms with E-state index < -0.39 is 23.4 Å². The standard InChI is InChI=1S/C20H16ClN3O6S/c1-2-29-14-6-7-15(17(9-14)24(27)28)22-18(25)10-30-20(26)16-11-31-19(23-16)12-4-3-5-13(21)8-12/h3-9,11H,2,10H2,1H3,(H,22,25). The summed E-state index contributed by atoms with van der Waals surface area (Å²) < 4.78 is 10.2. The fraction of sp³-hybridized carbons (Fsp3) is 0.150. The molecule has 9 nitrogen and oxygen atoms in total. The molecule has 1 aromatic heterocycles. The maximum atomic E-state index is 12.2. The van der Waals surface area contributed by atoms with Crippen LogP contribution in [0.15, 0.2) is 47.8 Å². The Labute approximate surface area is 185 Å². The van der Waals surface area contributed by atoms with Crippen LogP contribution in [-0.2, 0) is 9.53 Å². The van der Waals surface area contributed by atoms with Gasteiger partial charge in [0.1, 0.15) is 16.4 Å². The summed E-state index contributed by atoms with van der Waals surface area (Å²) in [5.74, 6) is -1.22. The maximum absolute atomic E-state index is 12.2. The summed E-state index contributed by atoms with van der Waals surface area (Å²) in [5, 5.41) is 16.2. The zero-order chi connectivity index (χ0) is 22.4. The highest BCUT2D eigenvalue weighted by molar-refractivity contribution is 7.13. The molecule has 2 aromatic carbocycles. The zero-order valence-corrected chi connectivity index (χ0v) is 17.7. The molecule has 0 saturated carbocycles. The fourth-order valence-corrected chi connectivity index (χ4v) is 3.51. The van der Waals surface area contributed by atoms with Gasteiger partial charge in [-0.3, -0.25) is 14.9 Å². The quantitative estimate of drug-likeness (QED) is 0.296. The van der Waals surface area contributed by atoms with Gasteiger partial charge >= 0.3 is 5.97 Å². The van der Waals surface area contributed by atoms with Crippen molar-refractivity contribution in [3.05, 3.63) is 68.7 Å². The van der Waals surface area contributed by atoms with Gasteiger partial charge in [0.15, 0.2) is 12.3 Å². The van der Waals surface area contributed by atoms with Gasteiger partial charge in [-0.15, -0.1) is 11.3 Å². The van der Waals surface area contributed by atoms with E-state index in [4.69, 9.17) is 21.1 Å². The van der Waals surface area contributed by atoms with Crippen molar-refractivity contribution in [1.82, 2.24) is 4.98 Å². The molecule has 0 fully saturated rings. The number of benzene rings is 2. The number of nitrogens with zero attached hydrogens (tertiary/aromatic N) is 2. The topological polar surface area (TPSA) is 121 Å². The van der Waals surface area contributed by atoms with Crippen LogP contribution in [0.3, 0.4) is 0 Å². The van der Waals surface area contributed by atoms with Crippen LogP contribution in [-0.4, -0.2) is 35.0 Å². The molecule has 11 heteroatoms. The third-order valence-electron chi connectivity index (χ3n) is 3.87. The first-order valence-electron chi connectivity index (χ1n) is 8.97. The summed E-state index contributed by atoms with van der Waals surface area (Å²) in [5.41, 5.74) is 0.416. The van der Waals surface area contributed by atoms with Gasteiger partial charge in [0.25, 0.3) is 11.6 Å². The number of hydrogen-bond acceptors (Lipinski definition) is 8. The normalized spacial score (nSPS) is 10.4. The van der Waals surface area contributed by atoms with E-state index in [1.807, 2.05) is 0 Å². The van der Waals surface area contributed by atoms with E-state index in [1.165, 1.54) is 34.9 Å². The van der Waals surface area contributed by atoms with E-state index in [2.05, 4.69) is 10.3 Å². The molecule has 0 aliphatic carbocycles. The molecule has 0 spiro atoms. The van der Waals surface area contributed by atoms with Crippen molar-refractivity contribution in [1.29, 1.82) is 0 Å². The minimum Gasteiger partial charge on any atom is -0.494 e. The average molecular weight is 462 g/mol. The van der Waals surface area contributed by atoms with Gasteiger partial charge in [0.2, 0.25) is 0 Å². The molecule has 0 aliphatic heterocycles. The van der Waals surface area contributed by atoms with Gasteiger partial charge in [0.05, 0.1) is 17.6 Å². The molecular weight excluding hydrogens is 446 g/mol. The number of esters is 1. The Hall–Kier alpha value is -3.50. The number of anilines is 1. The van der Waals surface area contributed by atoms with E-state index in [1.54, 1.807) is 31.2 Å². The molecule has 31 heavy (non-hydrogen) atoms. The Balaban J connectivity index is 1.61. The zero-order valence-electron chi connectivity index (χ0n) is 16.2. The molecule has 0 unspecified atom stereocenters. The highest BCUT2D eigenvalue weighted by Gasteiger charge is 2.19. The molecule has 0 radical (unpaired) electrons. The number of amides is 1. The van der Waals surface area contributed by atoms with E-state index in [9.17, 15) is 19.7 Å². The van der Waals surface area contributed by atoms with Crippen molar-refractivity contribution in [2.24, 2.45) is 0 Å². The van der Waals surface area contributed by atoms with E-state index in [0.717, 1.165) is 5.56 Å². The van der Waals surface area contributed by atoms with Crippen molar-refractivity contribution in [2.45, 2.75) is 6.92 Å². The predicted octanol–water partition coefficient (Wildman–Crippen LogP) is 4.57. The van der Waals surface area contributed by atoms with Crippen LogP contribution < -0.4 is 10.1 Å². The van der Waals surface area contributed by atoms with Crippen molar-refractivity contribution >= 4 is 46.2 Å². The number of carbonyl (C=O) groups excluding carboxylic acids is 2. The van der Waals surface area contributed by atoms with Crippen molar-refractivity contribution < 1.29 is 24.0 Å². The molecule has 3 rings (SSSR count). The lowest BCUT2D eigenvalue weighted by Gasteiger charge is -2.08. The van der Waals surface area contributed by atoms with Crippen LogP contribution in [0.5, 0.6) is 5.75 Å². The summed E-state index contributed by atoms with van der Waals surface area (Å²) in [6.45, 7) is 1.46. The van der Waals surface area contributed by atoms with Crippen LogP contribution >= 0.6 is 22.9 Å².